The van der Waals surface area contributed by atoms with Crippen molar-refractivity contribution in [2.75, 3.05) is 7.11 Å². The Balaban J connectivity index is 5.12. The van der Waals surface area contributed by atoms with E-state index in [1.807, 2.05) is 0 Å². The van der Waals surface area contributed by atoms with E-state index in [0.29, 0.717) is 0 Å². The quantitative estimate of drug-likeness (QED) is 0.236. The number of aliphatic hydroxyl groups excluding tert-OH is 1. The molecule has 0 radical (unpaired) electrons. The lowest BCUT2D eigenvalue weighted by Crippen LogP contribution is -2.16. The predicted molar refractivity (Wildman–Crippen MR) is 47.2 cm³/mol. The summed E-state index contributed by atoms with van der Waals surface area (Å²) < 4.78 is 4.37. The highest BCUT2D eigenvalue weighted by Gasteiger charge is 2.21. The van der Waals surface area contributed by atoms with E-state index in [1.165, 1.54) is 14.0 Å². The van der Waals surface area contributed by atoms with E-state index in [9.17, 15) is 14.7 Å². The van der Waals surface area contributed by atoms with Crippen molar-refractivity contribution >= 4 is 11.8 Å². The van der Waals surface area contributed by atoms with Crippen molar-refractivity contribution in [3.8, 4) is 0 Å². The molecule has 0 spiro atoms. The first-order chi connectivity index (χ1) is 5.91. The number of hydrogen-bond donors (Lipinski definition) is 1. The van der Waals surface area contributed by atoms with Gasteiger partial charge in [-0.2, -0.15) is 0 Å². The lowest BCUT2D eigenvalue weighted by molar-refractivity contribution is -0.137. The molecule has 0 aromatic rings. The Morgan fingerprint density at radius 2 is 1.77 bits per heavy atom. The van der Waals surface area contributed by atoms with Crippen LogP contribution < -0.4 is 0 Å². The summed E-state index contributed by atoms with van der Waals surface area (Å²) in [5.74, 6) is -1.77. The van der Waals surface area contributed by atoms with Crippen molar-refractivity contribution in [2.45, 2.75) is 20.8 Å². The maximum atomic E-state index is 11.0. The summed E-state index contributed by atoms with van der Waals surface area (Å²) in [6, 6.07) is 0. The van der Waals surface area contributed by atoms with Crippen LogP contribution >= 0.6 is 0 Å². The molecule has 0 aromatic carbocycles. The Morgan fingerprint density at radius 3 is 2.00 bits per heavy atom. The average molecular weight is 186 g/mol. The molecule has 0 aromatic heterocycles. The standard InChI is InChI=1S/C9H14O4/c1-5(2)8(11)7(6(3)10)9(12)13-4/h5,11H,1-4H3. The van der Waals surface area contributed by atoms with Gasteiger partial charge in [-0.1, -0.05) is 13.8 Å². The number of hydrogen-bond acceptors (Lipinski definition) is 4. The molecule has 74 valence electrons. The molecule has 0 bridgehead atoms. The van der Waals surface area contributed by atoms with Crippen molar-refractivity contribution in [3.05, 3.63) is 11.3 Å². The normalized spacial score (nSPS) is 12.4. The van der Waals surface area contributed by atoms with Gasteiger partial charge >= 0.3 is 5.97 Å². The Morgan fingerprint density at radius 1 is 1.31 bits per heavy atom. The second-order valence-corrected chi connectivity index (χ2v) is 2.96. The highest BCUT2D eigenvalue weighted by atomic mass is 16.5. The van der Waals surface area contributed by atoms with Crippen LogP contribution in [0, 0.1) is 5.92 Å². The van der Waals surface area contributed by atoms with E-state index in [2.05, 4.69) is 4.74 Å². The molecule has 0 amide bonds. The first kappa shape index (κ1) is 11.7. The van der Waals surface area contributed by atoms with Crippen LogP contribution in [0.5, 0.6) is 0 Å². The summed E-state index contributed by atoms with van der Waals surface area (Å²) in [7, 11) is 1.17. The van der Waals surface area contributed by atoms with Crippen LogP contribution in [0.15, 0.2) is 11.3 Å². The Hall–Kier alpha value is -1.32. The summed E-state index contributed by atoms with van der Waals surface area (Å²) in [6.07, 6.45) is 0. The third kappa shape index (κ3) is 2.89. The van der Waals surface area contributed by atoms with E-state index in [1.54, 1.807) is 13.8 Å². The molecule has 0 fully saturated rings. The summed E-state index contributed by atoms with van der Waals surface area (Å²) in [4.78, 5) is 22.0. The van der Waals surface area contributed by atoms with E-state index in [0.717, 1.165) is 0 Å². The third-order valence-electron chi connectivity index (χ3n) is 1.54. The fraction of sp³-hybridized carbons (Fsp3) is 0.556. The van der Waals surface area contributed by atoms with Gasteiger partial charge in [0.25, 0.3) is 0 Å². The van der Waals surface area contributed by atoms with Crippen LogP contribution in [0.25, 0.3) is 0 Å². The zero-order chi connectivity index (χ0) is 10.6. The van der Waals surface area contributed by atoms with E-state index in [-0.39, 0.29) is 17.3 Å². The van der Waals surface area contributed by atoms with Gasteiger partial charge in [-0.05, 0) is 6.92 Å². The predicted octanol–water partition coefficient (Wildman–Crippen LogP) is 1.22. The van der Waals surface area contributed by atoms with Gasteiger partial charge in [-0.3, -0.25) is 4.79 Å². The van der Waals surface area contributed by atoms with Gasteiger partial charge < -0.3 is 9.84 Å². The summed E-state index contributed by atoms with van der Waals surface area (Å²) in [5, 5.41) is 9.42. The number of allylic oxidation sites excluding steroid dienone is 1. The van der Waals surface area contributed by atoms with Gasteiger partial charge in [-0.15, -0.1) is 0 Å². The topological polar surface area (TPSA) is 63.6 Å². The Bertz CT molecular complexity index is 250. The Kier molecular flexibility index (Phi) is 4.17. The van der Waals surface area contributed by atoms with Gasteiger partial charge in [0.1, 0.15) is 11.3 Å². The van der Waals surface area contributed by atoms with Crippen LogP contribution in [0.4, 0.5) is 0 Å². The zero-order valence-corrected chi connectivity index (χ0v) is 8.25. The number of aliphatic hydroxyl groups is 1. The molecule has 4 heteroatoms. The zero-order valence-electron chi connectivity index (χ0n) is 8.25. The second-order valence-electron chi connectivity index (χ2n) is 2.96. The van der Waals surface area contributed by atoms with E-state index in [4.69, 9.17) is 0 Å². The van der Waals surface area contributed by atoms with Crippen molar-refractivity contribution in [1.82, 2.24) is 0 Å². The fourth-order valence-electron chi connectivity index (χ4n) is 0.819. The number of ether oxygens (including phenoxy) is 1. The summed E-state index contributed by atoms with van der Waals surface area (Å²) in [6.45, 7) is 4.58. The number of ketones is 1. The highest BCUT2D eigenvalue weighted by Crippen LogP contribution is 2.13. The molecule has 1 N–H and O–H groups in total. The van der Waals surface area contributed by atoms with Crippen LogP contribution in [-0.2, 0) is 14.3 Å². The maximum absolute atomic E-state index is 11.0. The van der Waals surface area contributed by atoms with Crippen LogP contribution in [0.1, 0.15) is 20.8 Å². The molecule has 0 aliphatic carbocycles. The molecule has 0 saturated carbocycles. The van der Waals surface area contributed by atoms with Crippen molar-refractivity contribution in [2.24, 2.45) is 5.92 Å². The molecule has 0 atom stereocenters. The number of methoxy groups -OCH3 is 1. The molecule has 13 heavy (non-hydrogen) atoms. The van der Waals surface area contributed by atoms with Gasteiger partial charge in [0.2, 0.25) is 0 Å². The van der Waals surface area contributed by atoms with Gasteiger partial charge in [-0.25, -0.2) is 4.79 Å². The highest BCUT2D eigenvalue weighted by molar-refractivity contribution is 6.16. The van der Waals surface area contributed by atoms with Crippen LogP contribution in [-0.4, -0.2) is 24.0 Å². The monoisotopic (exact) mass is 186 g/mol. The van der Waals surface area contributed by atoms with Gasteiger partial charge in [0.05, 0.1) is 7.11 Å². The van der Waals surface area contributed by atoms with Crippen molar-refractivity contribution in [3.63, 3.8) is 0 Å². The Labute approximate surface area is 77.2 Å². The maximum Gasteiger partial charge on any atom is 0.344 e. The van der Waals surface area contributed by atoms with Crippen LogP contribution in [0.3, 0.4) is 0 Å². The van der Waals surface area contributed by atoms with Crippen molar-refractivity contribution < 1.29 is 19.4 Å². The first-order valence-corrected chi connectivity index (χ1v) is 3.94. The van der Waals surface area contributed by atoms with Gasteiger partial charge in [0.15, 0.2) is 5.78 Å². The minimum absolute atomic E-state index is 0.223. The molecular weight excluding hydrogens is 172 g/mol. The molecule has 4 nitrogen and oxygen atoms in total. The first-order valence-electron chi connectivity index (χ1n) is 3.94. The number of Topliss-reactive ketones (excluding diaryl/α,β-unsaturated/α-hetero) is 1. The van der Waals surface area contributed by atoms with Crippen LogP contribution in [0.2, 0.25) is 0 Å². The number of esters is 1. The van der Waals surface area contributed by atoms with Crippen molar-refractivity contribution in [1.29, 1.82) is 0 Å². The fourth-order valence-corrected chi connectivity index (χ4v) is 0.819. The lowest BCUT2D eigenvalue weighted by atomic mass is 10.0. The number of carbonyl (C=O) groups excluding carboxylic acids is 2. The van der Waals surface area contributed by atoms with Gasteiger partial charge in [0, 0.05) is 5.92 Å². The minimum atomic E-state index is -0.793. The van der Waals surface area contributed by atoms with E-state index >= 15 is 0 Å². The largest absolute Gasteiger partial charge is 0.511 e. The van der Waals surface area contributed by atoms with E-state index < -0.39 is 11.8 Å². The SMILES string of the molecule is COC(=O)C(C(C)=O)=C(O)C(C)C. The lowest BCUT2D eigenvalue weighted by Gasteiger charge is -2.08. The average Bonchev–Trinajstić information content (AvgIpc) is 2.03. The molecule has 0 rings (SSSR count). The second kappa shape index (κ2) is 4.64. The molecule has 0 heterocycles. The molecule has 0 aliphatic rings. The third-order valence-corrected chi connectivity index (χ3v) is 1.54. The summed E-state index contributed by atoms with van der Waals surface area (Å²) in [5.41, 5.74) is -0.266. The molecule has 0 aliphatic heterocycles. The molecule has 0 unspecified atom stereocenters. The summed E-state index contributed by atoms with van der Waals surface area (Å²) >= 11 is 0. The molecular formula is C9H14O4. The number of rotatable bonds is 3. The smallest absolute Gasteiger partial charge is 0.344 e. The molecule has 0 saturated heterocycles. The minimum Gasteiger partial charge on any atom is -0.511 e. The number of carbonyl (C=O) groups is 2.